The highest BCUT2D eigenvalue weighted by Gasteiger charge is 2.17. The van der Waals surface area contributed by atoms with Crippen molar-refractivity contribution >= 4 is 33.3 Å². The van der Waals surface area contributed by atoms with Crippen molar-refractivity contribution in [1.29, 1.82) is 0 Å². The van der Waals surface area contributed by atoms with E-state index in [4.69, 9.17) is 4.74 Å². The van der Waals surface area contributed by atoms with Crippen molar-refractivity contribution in [2.45, 2.75) is 13.0 Å². The number of pyridine rings is 1. The Kier molecular flexibility index (Phi) is 6.00. The smallest absolute Gasteiger partial charge is 0.156 e. The van der Waals surface area contributed by atoms with Crippen LogP contribution in [0, 0.1) is 5.82 Å². The number of anilines is 2. The van der Waals surface area contributed by atoms with Crippen LogP contribution in [-0.4, -0.2) is 56.4 Å². The maximum absolute atomic E-state index is 15.3. The average Bonchev–Trinajstić information content (AvgIpc) is 3.30. The number of aromatic nitrogens is 5. The summed E-state index contributed by atoms with van der Waals surface area (Å²) in [6.07, 6.45) is 6.84. The topological polar surface area (TPSA) is 81.0 Å². The van der Waals surface area contributed by atoms with Crippen molar-refractivity contribution in [2.24, 2.45) is 7.05 Å². The summed E-state index contributed by atoms with van der Waals surface area (Å²) < 4.78 is 23.3. The number of rotatable bonds is 7. The molecule has 0 fully saturated rings. The molecule has 2 aromatic carbocycles. The van der Waals surface area contributed by atoms with Crippen LogP contribution in [0.2, 0.25) is 0 Å². The van der Waals surface area contributed by atoms with Gasteiger partial charge in [-0.2, -0.15) is 5.10 Å². The zero-order valence-corrected chi connectivity index (χ0v) is 20.0. The van der Waals surface area contributed by atoms with Crippen LogP contribution in [0.15, 0.2) is 61.3 Å². The van der Waals surface area contributed by atoms with Crippen LogP contribution in [0.4, 0.5) is 15.9 Å². The van der Waals surface area contributed by atoms with Gasteiger partial charge in [-0.25, -0.2) is 14.4 Å². The SMILES string of the molecule is C[C@H](COc1cc(-c2cnn(C)c2)cc2ncnc(Nc3ccc4ncccc4c3F)c12)N(C)C. The van der Waals surface area contributed by atoms with E-state index in [-0.39, 0.29) is 6.04 Å². The van der Waals surface area contributed by atoms with Gasteiger partial charge in [0.05, 0.1) is 28.3 Å². The fourth-order valence-corrected chi connectivity index (χ4v) is 3.80. The van der Waals surface area contributed by atoms with Crippen molar-refractivity contribution in [3.63, 3.8) is 0 Å². The van der Waals surface area contributed by atoms with Gasteiger partial charge in [0, 0.05) is 36.4 Å². The van der Waals surface area contributed by atoms with Gasteiger partial charge in [0.1, 0.15) is 24.5 Å². The molecule has 0 amide bonds. The molecule has 3 aromatic heterocycles. The van der Waals surface area contributed by atoms with Crippen molar-refractivity contribution in [3.05, 3.63) is 67.1 Å². The molecule has 35 heavy (non-hydrogen) atoms. The third-order valence-corrected chi connectivity index (χ3v) is 6.07. The lowest BCUT2D eigenvalue weighted by Crippen LogP contribution is -2.30. The van der Waals surface area contributed by atoms with E-state index < -0.39 is 5.82 Å². The molecule has 1 atom stereocenters. The number of nitrogens with one attached hydrogen (secondary N) is 1. The van der Waals surface area contributed by atoms with Gasteiger partial charge < -0.3 is 15.0 Å². The molecule has 0 radical (unpaired) electrons. The molecule has 5 aromatic rings. The molecule has 9 heteroatoms. The van der Waals surface area contributed by atoms with Crippen LogP contribution < -0.4 is 10.1 Å². The fraction of sp³-hybridized carbons (Fsp3) is 0.231. The molecule has 0 saturated heterocycles. The molecular weight excluding hydrogens is 445 g/mol. The molecule has 3 heterocycles. The molecule has 8 nitrogen and oxygen atoms in total. The second-order valence-electron chi connectivity index (χ2n) is 8.74. The molecule has 0 saturated carbocycles. The molecule has 1 N–H and O–H groups in total. The number of halogens is 1. The van der Waals surface area contributed by atoms with Crippen LogP contribution >= 0.6 is 0 Å². The Hall–Kier alpha value is -4.11. The van der Waals surface area contributed by atoms with E-state index in [0.717, 1.165) is 11.1 Å². The minimum Gasteiger partial charge on any atom is -0.491 e. The number of benzene rings is 2. The lowest BCUT2D eigenvalue weighted by molar-refractivity contribution is 0.200. The standard InChI is InChI=1S/C26H26FN7O/c1-16(33(2)3)14-35-23-11-17(18-12-31-34(4)13-18)10-22-24(23)26(30-15-29-22)32-21-8-7-20-19(25(21)27)6-5-9-28-20/h5-13,15-16H,14H2,1-4H3,(H,29,30,32)/t16-/m1/s1. The second-order valence-corrected chi connectivity index (χ2v) is 8.74. The number of hydrogen-bond donors (Lipinski definition) is 1. The van der Waals surface area contributed by atoms with E-state index in [9.17, 15) is 0 Å². The van der Waals surface area contributed by atoms with E-state index in [2.05, 4.69) is 37.2 Å². The van der Waals surface area contributed by atoms with Crippen molar-refractivity contribution in [2.75, 3.05) is 26.0 Å². The summed E-state index contributed by atoms with van der Waals surface area (Å²) >= 11 is 0. The van der Waals surface area contributed by atoms with E-state index in [1.807, 2.05) is 39.5 Å². The minimum atomic E-state index is -0.391. The van der Waals surface area contributed by atoms with Crippen LogP contribution in [0.5, 0.6) is 5.75 Å². The minimum absolute atomic E-state index is 0.179. The van der Waals surface area contributed by atoms with Crippen molar-refractivity contribution in [3.8, 4) is 16.9 Å². The number of fused-ring (bicyclic) bond motifs is 2. The Morgan fingerprint density at radius 2 is 1.94 bits per heavy atom. The van der Waals surface area contributed by atoms with E-state index in [1.165, 1.54) is 6.33 Å². The van der Waals surface area contributed by atoms with E-state index in [0.29, 0.717) is 45.7 Å². The molecule has 5 rings (SSSR count). The predicted molar refractivity (Wildman–Crippen MR) is 135 cm³/mol. The largest absolute Gasteiger partial charge is 0.491 e. The zero-order valence-electron chi connectivity index (χ0n) is 20.0. The molecule has 0 bridgehead atoms. The lowest BCUT2D eigenvalue weighted by atomic mass is 10.1. The summed E-state index contributed by atoms with van der Waals surface area (Å²) in [7, 11) is 5.88. The van der Waals surface area contributed by atoms with Crippen molar-refractivity contribution < 1.29 is 9.13 Å². The Morgan fingerprint density at radius 1 is 1.09 bits per heavy atom. The number of aryl methyl sites for hydroxylation is 1. The maximum Gasteiger partial charge on any atom is 0.156 e. The highest BCUT2D eigenvalue weighted by atomic mass is 19.1. The second kappa shape index (κ2) is 9.27. The summed E-state index contributed by atoms with van der Waals surface area (Å²) in [5, 5.41) is 8.56. The first kappa shape index (κ1) is 22.7. The third-order valence-electron chi connectivity index (χ3n) is 6.07. The Morgan fingerprint density at radius 3 is 2.71 bits per heavy atom. The van der Waals surface area contributed by atoms with E-state index >= 15 is 4.39 Å². The summed E-state index contributed by atoms with van der Waals surface area (Å²) in [5.74, 6) is 0.682. The molecule has 0 spiro atoms. The highest BCUT2D eigenvalue weighted by molar-refractivity contribution is 5.99. The maximum atomic E-state index is 15.3. The third kappa shape index (κ3) is 4.50. The van der Waals surface area contributed by atoms with Crippen LogP contribution in [0.1, 0.15) is 6.92 Å². The summed E-state index contributed by atoms with van der Waals surface area (Å²) in [6.45, 7) is 2.55. The van der Waals surface area contributed by atoms with Gasteiger partial charge in [-0.3, -0.25) is 9.67 Å². The van der Waals surface area contributed by atoms with Gasteiger partial charge in [0.15, 0.2) is 5.82 Å². The first-order valence-corrected chi connectivity index (χ1v) is 11.3. The molecule has 0 aliphatic heterocycles. The first-order chi connectivity index (χ1) is 16.9. The van der Waals surface area contributed by atoms with Crippen LogP contribution in [0.3, 0.4) is 0 Å². The number of nitrogens with zero attached hydrogens (tertiary/aromatic N) is 6. The summed E-state index contributed by atoms with van der Waals surface area (Å²) in [5.41, 5.74) is 3.44. The van der Waals surface area contributed by atoms with Gasteiger partial charge in [0.2, 0.25) is 0 Å². The summed E-state index contributed by atoms with van der Waals surface area (Å²) in [6, 6.07) is 11.0. The fourth-order valence-electron chi connectivity index (χ4n) is 3.80. The zero-order chi connectivity index (χ0) is 24.5. The normalized spacial score (nSPS) is 12.4. The Labute approximate surface area is 202 Å². The summed E-state index contributed by atoms with van der Waals surface area (Å²) in [4.78, 5) is 15.3. The number of ether oxygens (including phenoxy) is 1. The molecule has 0 unspecified atom stereocenters. The van der Waals surface area contributed by atoms with Gasteiger partial charge in [-0.05, 0) is 63.0 Å². The highest BCUT2D eigenvalue weighted by Crippen LogP contribution is 2.37. The van der Waals surface area contributed by atoms with E-state index in [1.54, 1.807) is 41.3 Å². The predicted octanol–water partition coefficient (Wildman–Crippen LogP) is 4.79. The monoisotopic (exact) mass is 471 g/mol. The first-order valence-electron chi connectivity index (χ1n) is 11.3. The van der Waals surface area contributed by atoms with Crippen LogP contribution in [-0.2, 0) is 7.05 Å². The number of hydrogen-bond acceptors (Lipinski definition) is 7. The quantitative estimate of drug-likeness (QED) is 0.365. The van der Waals surface area contributed by atoms with Gasteiger partial charge in [-0.1, -0.05) is 0 Å². The Bertz CT molecular complexity index is 1510. The van der Waals surface area contributed by atoms with Gasteiger partial charge in [0.25, 0.3) is 0 Å². The van der Waals surface area contributed by atoms with Crippen LogP contribution in [0.25, 0.3) is 32.9 Å². The lowest BCUT2D eigenvalue weighted by Gasteiger charge is -2.21. The molecular formula is C26H26FN7O. The Balaban J connectivity index is 1.62. The molecule has 0 aliphatic carbocycles. The molecule has 0 aliphatic rings. The van der Waals surface area contributed by atoms with Crippen molar-refractivity contribution in [1.82, 2.24) is 29.6 Å². The van der Waals surface area contributed by atoms with Gasteiger partial charge >= 0.3 is 0 Å². The van der Waals surface area contributed by atoms with Gasteiger partial charge in [-0.15, -0.1) is 0 Å². The average molecular weight is 472 g/mol. The molecule has 178 valence electrons. The number of likely N-dealkylation sites (N-methyl/N-ethyl adjacent to an activating group) is 1.